The van der Waals surface area contributed by atoms with E-state index in [2.05, 4.69) is 43.9 Å². The largest absolute Gasteiger partial charge is 0.413 e. The van der Waals surface area contributed by atoms with Crippen molar-refractivity contribution in [3.63, 3.8) is 0 Å². The molecule has 5 heteroatoms. The van der Waals surface area contributed by atoms with Gasteiger partial charge in [-0.05, 0) is 23.7 Å². The van der Waals surface area contributed by atoms with Crippen molar-refractivity contribution >= 4 is 8.32 Å². The highest BCUT2D eigenvalue weighted by Gasteiger charge is 2.36. The number of azide groups is 1. The highest BCUT2D eigenvalue weighted by molar-refractivity contribution is 6.74. The van der Waals surface area contributed by atoms with E-state index < -0.39 is 8.32 Å². The monoisotopic (exact) mass is 227 g/mol. The predicted octanol–water partition coefficient (Wildman–Crippen LogP) is 3.87. The minimum Gasteiger partial charge on any atom is -0.413 e. The minimum atomic E-state index is -1.63. The molecule has 0 heterocycles. The molecule has 0 radical (unpaired) electrons. The molecule has 0 fully saturated rings. The van der Waals surface area contributed by atoms with Gasteiger partial charge in [-0.15, -0.1) is 0 Å². The van der Waals surface area contributed by atoms with E-state index >= 15 is 0 Å². The van der Waals surface area contributed by atoms with Crippen molar-refractivity contribution in [1.82, 2.24) is 0 Å². The van der Waals surface area contributed by atoms with Crippen LogP contribution in [0.2, 0.25) is 18.1 Å². The molecule has 0 unspecified atom stereocenters. The summed E-state index contributed by atoms with van der Waals surface area (Å²) in [6.45, 7) is 12.1. The van der Waals surface area contributed by atoms with Crippen molar-refractivity contribution < 1.29 is 4.43 Å². The van der Waals surface area contributed by atoms with Gasteiger partial charge in [-0.25, -0.2) is 0 Å². The summed E-state index contributed by atoms with van der Waals surface area (Å²) >= 11 is 0. The molecule has 0 rings (SSSR count). The molecule has 0 aromatic rings. The van der Waals surface area contributed by atoms with Gasteiger partial charge in [0, 0.05) is 11.5 Å². The Balaban J connectivity index is 3.95. The summed E-state index contributed by atoms with van der Waals surface area (Å²) < 4.78 is 5.89. The van der Waals surface area contributed by atoms with Crippen LogP contribution in [0.5, 0.6) is 0 Å². The average molecular weight is 227 g/mol. The fraction of sp³-hybridized carbons (Fsp3) is 0.800. The zero-order valence-corrected chi connectivity index (χ0v) is 11.3. The smallest absolute Gasteiger partial charge is 0.192 e. The minimum absolute atomic E-state index is 0.242. The maximum atomic E-state index is 8.06. The molecular formula is C10H21N3OSi. The Morgan fingerprint density at radius 3 is 2.40 bits per heavy atom. The van der Waals surface area contributed by atoms with Crippen molar-refractivity contribution in [2.45, 2.75) is 38.9 Å². The zero-order valence-electron chi connectivity index (χ0n) is 10.3. The first-order chi connectivity index (χ1) is 6.81. The molecule has 0 spiro atoms. The van der Waals surface area contributed by atoms with Crippen LogP contribution in [0.15, 0.2) is 17.3 Å². The van der Waals surface area contributed by atoms with E-state index in [1.807, 2.05) is 12.2 Å². The first-order valence-electron chi connectivity index (χ1n) is 5.11. The molecule has 0 saturated carbocycles. The average Bonchev–Trinajstić information content (AvgIpc) is 2.09. The van der Waals surface area contributed by atoms with Crippen molar-refractivity contribution in [2.24, 2.45) is 5.11 Å². The lowest BCUT2D eigenvalue weighted by Gasteiger charge is -2.35. The summed E-state index contributed by atoms with van der Waals surface area (Å²) in [5, 5.41) is 3.65. The molecule has 0 aliphatic heterocycles. The van der Waals surface area contributed by atoms with Gasteiger partial charge < -0.3 is 4.43 Å². The molecule has 0 atom stereocenters. The Morgan fingerprint density at radius 1 is 1.33 bits per heavy atom. The molecule has 0 saturated heterocycles. The normalized spacial score (nSPS) is 12.9. The van der Waals surface area contributed by atoms with Crippen LogP contribution >= 0.6 is 0 Å². The second kappa shape index (κ2) is 5.95. The maximum Gasteiger partial charge on any atom is 0.192 e. The first-order valence-corrected chi connectivity index (χ1v) is 8.02. The molecular weight excluding hydrogens is 206 g/mol. The molecule has 86 valence electrons. The summed E-state index contributed by atoms with van der Waals surface area (Å²) in [5.41, 5.74) is 8.06. The second-order valence-electron chi connectivity index (χ2n) is 4.96. The van der Waals surface area contributed by atoms with E-state index in [0.29, 0.717) is 13.2 Å². The van der Waals surface area contributed by atoms with Gasteiger partial charge in [0.25, 0.3) is 0 Å². The van der Waals surface area contributed by atoms with E-state index in [0.717, 1.165) is 0 Å². The zero-order chi connectivity index (χ0) is 11.9. The van der Waals surface area contributed by atoms with Gasteiger partial charge in [-0.3, -0.25) is 0 Å². The van der Waals surface area contributed by atoms with Crippen LogP contribution < -0.4 is 0 Å². The predicted molar refractivity (Wildman–Crippen MR) is 66.3 cm³/mol. The Bertz CT molecular complexity index is 262. The van der Waals surface area contributed by atoms with Crippen molar-refractivity contribution in [3.8, 4) is 0 Å². The van der Waals surface area contributed by atoms with Gasteiger partial charge >= 0.3 is 0 Å². The fourth-order valence-corrected chi connectivity index (χ4v) is 1.65. The molecule has 0 aliphatic rings. The summed E-state index contributed by atoms with van der Waals surface area (Å²) in [5.74, 6) is 0. The van der Waals surface area contributed by atoms with E-state index in [1.165, 1.54) is 0 Å². The van der Waals surface area contributed by atoms with Gasteiger partial charge in [0.2, 0.25) is 0 Å². The van der Waals surface area contributed by atoms with E-state index in [9.17, 15) is 0 Å². The molecule has 0 N–H and O–H groups in total. The van der Waals surface area contributed by atoms with Crippen molar-refractivity contribution in [3.05, 3.63) is 22.6 Å². The standard InChI is InChI=1S/C10H21N3OSi/c1-10(2,3)15(4,5)14-9-7-6-8-12-13-11/h6-7H,8-9H2,1-5H3/b7-6-. The SMILES string of the molecule is CC(C)(C)[Si](C)(C)OC/C=C\CN=[N+]=[N-]. The van der Waals surface area contributed by atoms with Crippen LogP contribution in [-0.2, 0) is 4.43 Å². The van der Waals surface area contributed by atoms with Crippen LogP contribution in [-0.4, -0.2) is 21.5 Å². The number of rotatable bonds is 5. The summed E-state index contributed by atoms with van der Waals surface area (Å²) in [7, 11) is -1.63. The lowest BCUT2D eigenvalue weighted by Crippen LogP contribution is -2.40. The number of hydrogen-bond acceptors (Lipinski definition) is 2. The molecule has 0 bridgehead atoms. The second-order valence-corrected chi connectivity index (χ2v) is 9.77. The Hall–Kier alpha value is -0.773. The van der Waals surface area contributed by atoms with Gasteiger partial charge in [0.15, 0.2) is 8.32 Å². The van der Waals surface area contributed by atoms with Crippen LogP contribution in [0.1, 0.15) is 20.8 Å². The maximum absolute atomic E-state index is 8.06. The lowest BCUT2D eigenvalue weighted by atomic mass is 10.2. The topological polar surface area (TPSA) is 58.0 Å². The molecule has 4 nitrogen and oxygen atoms in total. The van der Waals surface area contributed by atoms with Crippen LogP contribution in [0.3, 0.4) is 0 Å². The van der Waals surface area contributed by atoms with Crippen molar-refractivity contribution in [1.29, 1.82) is 0 Å². The molecule has 15 heavy (non-hydrogen) atoms. The lowest BCUT2D eigenvalue weighted by molar-refractivity contribution is 0.328. The molecule has 0 aliphatic carbocycles. The highest BCUT2D eigenvalue weighted by atomic mass is 28.4. The number of nitrogens with zero attached hydrogens (tertiary/aromatic N) is 3. The quantitative estimate of drug-likeness (QED) is 0.231. The molecule has 0 aromatic heterocycles. The van der Waals surface area contributed by atoms with Gasteiger partial charge in [-0.2, -0.15) is 0 Å². The Morgan fingerprint density at radius 2 is 1.93 bits per heavy atom. The molecule has 0 aromatic carbocycles. The third-order valence-corrected chi connectivity index (χ3v) is 7.26. The molecule has 0 amide bonds. The van der Waals surface area contributed by atoms with Crippen LogP contribution in [0.25, 0.3) is 10.4 Å². The Labute approximate surface area is 93.1 Å². The van der Waals surface area contributed by atoms with Gasteiger partial charge in [-0.1, -0.05) is 38.0 Å². The number of hydrogen-bond donors (Lipinski definition) is 0. The van der Waals surface area contributed by atoms with Crippen LogP contribution in [0.4, 0.5) is 0 Å². The van der Waals surface area contributed by atoms with Gasteiger partial charge in [0.05, 0.1) is 6.61 Å². The highest BCUT2D eigenvalue weighted by Crippen LogP contribution is 2.36. The third kappa shape index (κ3) is 5.62. The van der Waals surface area contributed by atoms with Crippen molar-refractivity contribution in [2.75, 3.05) is 13.2 Å². The van der Waals surface area contributed by atoms with Gasteiger partial charge in [0.1, 0.15) is 0 Å². The summed E-state index contributed by atoms with van der Waals surface area (Å²) in [6.07, 6.45) is 3.74. The van der Waals surface area contributed by atoms with E-state index in [-0.39, 0.29) is 5.04 Å². The van der Waals surface area contributed by atoms with E-state index in [1.54, 1.807) is 0 Å². The van der Waals surface area contributed by atoms with E-state index in [4.69, 9.17) is 9.96 Å². The fourth-order valence-electron chi connectivity index (χ4n) is 0.699. The third-order valence-electron chi connectivity index (χ3n) is 2.76. The van der Waals surface area contributed by atoms with Crippen LogP contribution in [0, 0.1) is 0 Å². The Kier molecular flexibility index (Phi) is 5.65. The first kappa shape index (κ1) is 14.2. The summed E-state index contributed by atoms with van der Waals surface area (Å²) in [6, 6.07) is 0. The summed E-state index contributed by atoms with van der Waals surface area (Å²) in [4.78, 5) is 2.66.